The molecule has 0 radical (unpaired) electrons. The van der Waals surface area contributed by atoms with Gasteiger partial charge >= 0.3 is 6.09 Å². The Morgan fingerprint density at radius 1 is 1.05 bits per heavy atom. The van der Waals surface area contributed by atoms with E-state index in [1.165, 1.54) is 6.20 Å². The number of halogens is 1. The number of benzene rings is 2. The number of methoxy groups -OCH3 is 1. The number of amides is 2. The Labute approximate surface area is 252 Å². The van der Waals surface area contributed by atoms with Gasteiger partial charge in [0.1, 0.15) is 18.1 Å². The van der Waals surface area contributed by atoms with Crippen LogP contribution >= 0.6 is 11.6 Å². The fourth-order valence-corrected chi connectivity index (χ4v) is 4.43. The molecule has 4 aromatic rings. The number of Topliss-reactive ketones (excluding diaryl/α,β-unsaturated/α-hetero) is 1. The summed E-state index contributed by atoms with van der Waals surface area (Å²) in [5, 5.41) is 13.7. The average molecular weight is 607 g/mol. The summed E-state index contributed by atoms with van der Waals surface area (Å²) in [4.78, 5) is 56.2. The number of nitrogens with one attached hydrogen (secondary N) is 2. The third-order valence-electron chi connectivity index (χ3n) is 6.80. The van der Waals surface area contributed by atoms with Gasteiger partial charge in [0.05, 0.1) is 24.8 Å². The number of anilines is 1. The predicted octanol–water partition coefficient (Wildman–Crippen LogP) is 4.47. The van der Waals surface area contributed by atoms with Gasteiger partial charge in [0.15, 0.2) is 0 Å². The van der Waals surface area contributed by atoms with Crippen molar-refractivity contribution in [3.05, 3.63) is 93.5 Å². The van der Waals surface area contributed by atoms with Crippen LogP contribution in [0.4, 0.5) is 10.5 Å². The summed E-state index contributed by atoms with van der Waals surface area (Å²) in [7, 11) is 1.15. The van der Waals surface area contributed by atoms with Crippen LogP contribution in [0.25, 0.3) is 11.4 Å². The number of nitrogens with zero attached hydrogens (tertiary/aromatic N) is 4. The maximum absolute atomic E-state index is 13.5. The molecule has 0 aliphatic rings. The zero-order chi connectivity index (χ0) is 31.3. The molecule has 224 valence electrons. The zero-order valence-corrected chi connectivity index (χ0v) is 25.0. The maximum atomic E-state index is 13.5. The van der Waals surface area contributed by atoms with E-state index in [0.717, 1.165) is 17.2 Å². The highest BCUT2D eigenvalue weighted by Crippen LogP contribution is 2.31. The van der Waals surface area contributed by atoms with Crippen LogP contribution < -0.4 is 16.2 Å². The summed E-state index contributed by atoms with van der Waals surface area (Å²) < 4.78 is 11.5. The summed E-state index contributed by atoms with van der Waals surface area (Å²) in [6.45, 7) is 6.75. The van der Waals surface area contributed by atoms with E-state index in [1.54, 1.807) is 56.3 Å². The molecule has 12 nitrogen and oxygen atoms in total. The molecule has 2 amide bonds. The van der Waals surface area contributed by atoms with Gasteiger partial charge < -0.3 is 14.5 Å². The summed E-state index contributed by atoms with van der Waals surface area (Å²) in [6.07, 6.45) is 0.320. The van der Waals surface area contributed by atoms with E-state index in [-0.39, 0.29) is 29.2 Å². The van der Waals surface area contributed by atoms with Crippen LogP contribution in [0.2, 0.25) is 5.02 Å². The molecular formula is C30H31ClN6O6. The quantitative estimate of drug-likeness (QED) is 0.248. The fourth-order valence-electron chi connectivity index (χ4n) is 4.30. The molecule has 4 rings (SSSR count). The van der Waals surface area contributed by atoms with E-state index in [2.05, 4.69) is 30.6 Å². The number of carbonyl (C=O) groups is 3. The van der Waals surface area contributed by atoms with Crippen molar-refractivity contribution in [1.29, 1.82) is 0 Å². The average Bonchev–Trinajstić information content (AvgIpc) is 3.50. The van der Waals surface area contributed by atoms with Gasteiger partial charge in [-0.25, -0.2) is 9.78 Å². The standard InChI is InChI=1S/C30H31ClN6O6/c1-17(2)23(24(39)26-35-36-28(43-26)30(3,4)19-11-13-20(31)14-12-19)34-22(38)16-37-25(18-9-7-6-8-10-18)32-15-21(27(37)40)33-29(41)42-5/h6-15,17,23H,16H2,1-5H3,(H,33,41)(H,34,38). The summed E-state index contributed by atoms with van der Waals surface area (Å²) in [5.74, 6) is -1.45. The first-order valence-electron chi connectivity index (χ1n) is 13.4. The smallest absolute Gasteiger partial charge is 0.411 e. The van der Waals surface area contributed by atoms with E-state index < -0.39 is 41.3 Å². The lowest BCUT2D eigenvalue weighted by Crippen LogP contribution is -2.46. The normalized spacial score (nSPS) is 12.1. The van der Waals surface area contributed by atoms with Gasteiger partial charge in [-0.3, -0.25) is 24.3 Å². The van der Waals surface area contributed by atoms with Crippen LogP contribution in [0, 0.1) is 5.92 Å². The molecule has 1 atom stereocenters. The number of ether oxygens (including phenoxy) is 1. The van der Waals surface area contributed by atoms with Crippen LogP contribution in [-0.2, 0) is 21.5 Å². The van der Waals surface area contributed by atoms with E-state index in [9.17, 15) is 19.2 Å². The fraction of sp³-hybridized carbons (Fsp3) is 0.300. The van der Waals surface area contributed by atoms with Gasteiger partial charge in [0, 0.05) is 10.6 Å². The van der Waals surface area contributed by atoms with Crippen molar-refractivity contribution >= 4 is 35.1 Å². The summed E-state index contributed by atoms with van der Waals surface area (Å²) in [5.41, 5.74) is -0.177. The Balaban J connectivity index is 1.59. The first-order valence-corrected chi connectivity index (χ1v) is 13.7. The molecule has 0 fully saturated rings. The molecule has 2 heterocycles. The molecule has 13 heteroatoms. The lowest BCUT2D eigenvalue weighted by molar-refractivity contribution is -0.122. The first kappa shape index (κ1) is 31.1. The lowest BCUT2D eigenvalue weighted by atomic mass is 9.84. The van der Waals surface area contributed by atoms with E-state index in [0.29, 0.717) is 10.6 Å². The van der Waals surface area contributed by atoms with Gasteiger partial charge in [0.2, 0.25) is 17.6 Å². The Hall–Kier alpha value is -4.84. The van der Waals surface area contributed by atoms with Crippen LogP contribution in [0.5, 0.6) is 0 Å². The monoisotopic (exact) mass is 606 g/mol. The second-order valence-corrected chi connectivity index (χ2v) is 11.0. The van der Waals surface area contributed by atoms with Crippen LogP contribution in [0.3, 0.4) is 0 Å². The van der Waals surface area contributed by atoms with Gasteiger partial charge in [-0.2, -0.15) is 0 Å². The van der Waals surface area contributed by atoms with Crippen molar-refractivity contribution < 1.29 is 23.5 Å². The van der Waals surface area contributed by atoms with Crippen molar-refractivity contribution in [2.75, 3.05) is 12.4 Å². The largest absolute Gasteiger partial charge is 0.453 e. The van der Waals surface area contributed by atoms with Crippen molar-refractivity contribution in [2.45, 2.75) is 45.7 Å². The zero-order valence-electron chi connectivity index (χ0n) is 24.3. The third kappa shape index (κ3) is 6.97. The summed E-state index contributed by atoms with van der Waals surface area (Å²) >= 11 is 6.02. The maximum Gasteiger partial charge on any atom is 0.411 e. The number of aromatic nitrogens is 4. The molecule has 0 aliphatic heterocycles. The minimum atomic E-state index is -1.04. The van der Waals surface area contributed by atoms with E-state index in [1.807, 2.05) is 26.0 Å². The lowest BCUT2D eigenvalue weighted by Gasteiger charge is -2.21. The second kappa shape index (κ2) is 13.0. The number of rotatable bonds is 10. The number of hydrogen-bond acceptors (Lipinski definition) is 9. The van der Waals surface area contributed by atoms with Crippen LogP contribution in [0.1, 0.15) is 49.8 Å². The molecule has 1 unspecified atom stereocenters. The first-order chi connectivity index (χ1) is 20.4. The highest BCUT2D eigenvalue weighted by Gasteiger charge is 2.34. The molecule has 0 saturated heterocycles. The molecule has 2 aromatic heterocycles. The number of hydrogen-bond donors (Lipinski definition) is 2. The highest BCUT2D eigenvalue weighted by atomic mass is 35.5. The molecule has 0 aliphatic carbocycles. The topological polar surface area (TPSA) is 158 Å². The Morgan fingerprint density at radius 2 is 1.72 bits per heavy atom. The van der Waals surface area contributed by atoms with E-state index in [4.69, 9.17) is 16.0 Å². The van der Waals surface area contributed by atoms with Crippen molar-refractivity contribution in [3.63, 3.8) is 0 Å². The molecule has 2 aromatic carbocycles. The van der Waals surface area contributed by atoms with Gasteiger partial charge in [-0.15, -0.1) is 10.2 Å². The second-order valence-electron chi connectivity index (χ2n) is 10.6. The van der Waals surface area contributed by atoms with Crippen molar-refractivity contribution in [2.24, 2.45) is 5.92 Å². The number of ketones is 1. The van der Waals surface area contributed by atoms with Gasteiger partial charge in [-0.1, -0.05) is 67.9 Å². The highest BCUT2D eigenvalue weighted by molar-refractivity contribution is 6.30. The van der Waals surface area contributed by atoms with Crippen molar-refractivity contribution in [1.82, 2.24) is 25.1 Å². The Bertz CT molecular complexity index is 1680. The molecule has 0 saturated carbocycles. The van der Waals surface area contributed by atoms with E-state index >= 15 is 0 Å². The predicted molar refractivity (Wildman–Crippen MR) is 159 cm³/mol. The molecule has 0 spiro atoms. The molecule has 0 bridgehead atoms. The third-order valence-corrected chi connectivity index (χ3v) is 7.06. The molecular weight excluding hydrogens is 576 g/mol. The van der Waals surface area contributed by atoms with Gasteiger partial charge in [-0.05, 0) is 37.5 Å². The molecule has 2 N–H and O–H groups in total. The van der Waals surface area contributed by atoms with Crippen LogP contribution in [0.15, 0.2) is 70.0 Å². The minimum absolute atomic E-state index is 0.183. The minimum Gasteiger partial charge on any atom is -0.453 e. The number of carbonyl (C=O) groups excluding carboxylic acids is 3. The Morgan fingerprint density at radius 3 is 2.35 bits per heavy atom. The van der Waals surface area contributed by atoms with Crippen LogP contribution in [-0.4, -0.2) is 50.7 Å². The SMILES string of the molecule is COC(=O)Nc1cnc(-c2ccccc2)n(CC(=O)NC(C(=O)c2nnc(C(C)(C)c3ccc(Cl)cc3)o2)C(C)C)c1=O. The van der Waals surface area contributed by atoms with Gasteiger partial charge in [0.25, 0.3) is 11.4 Å². The summed E-state index contributed by atoms with van der Waals surface area (Å²) in [6, 6.07) is 14.9. The van der Waals surface area contributed by atoms with Crippen molar-refractivity contribution in [3.8, 4) is 11.4 Å². The molecule has 43 heavy (non-hydrogen) atoms. The Kier molecular flexibility index (Phi) is 9.40.